The Morgan fingerprint density at radius 2 is 2.09 bits per heavy atom. The van der Waals surface area contributed by atoms with E-state index < -0.39 is 49.3 Å². The number of fused-ring (bicyclic) bond motifs is 1. The molecule has 174 valence electrons. The number of benzene rings is 1. The molecule has 1 fully saturated rings. The Balaban J connectivity index is 1.63. The van der Waals surface area contributed by atoms with Gasteiger partial charge in [-0.2, -0.15) is 13.8 Å². The van der Waals surface area contributed by atoms with E-state index in [1.54, 1.807) is 18.2 Å². The molecule has 3 N–H and O–H groups in total. The molecule has 9 nitrogen and oxygen atoms in total. The Morgan fingerprint density at radius 1 is 1.38 bits per heavy atom. The van der Waals surface area contributed by atoms with Crippen LogP contribution in [0.5, 0.6) is 5.75 Å². The van der Waals surface area contributed by atoms with E-state index in [2.05, 4.69) is 4.98 Å². The molecule has 1 unspecified atom stereocenters. The maximum absolute atomic E-state index is 15.0. The Bertz CT molecular complexity index is 1140. The van der Waals surface area contributed by atoms with Gasteiger partial charge >= 0.3 is 18.3 Å². The first-order valence-electron chi connectivity index (χ1n) is 9.02. The van der Waals surface area contributed by atoms with Crippen LogP contribution in [0.1, 0.15) is 11.8 Å². The van der Waals surface area contributed by atoms with E-state index in [1.807, 2.05) is 0 Å². The zero-order chi connectivity index (χ0) is 23.3. The first-order chi connectivity index (χ1) is 15.0. The number of para-hydroxylation sites is 1. The third kappa shape index (κ3) is 3.70. The van der Waals surface area contributed by atoms with Gasteiger partial charge in [-0.05, 0) is 12.1 Å². The summed E-state index contributed by atoms with van der Waals surface area (Å²) in [5.41, 5.74) is 1.11. The smallest absolute Gasteiger partial charge is 0.381 e. The van der Waals surface area contributed by atoms with Crippen LogP contribution in [0.4, 0.5) is 23.4 Å². The number of hydrogen-bond donors (Lipinski definition) is 2. The third-order valence-electron chi connectivity index (χ3n) is 5.01. The molecule has 0 radical (unpaired) electrons. The Labute approximate surface area is 182 Å². The van der Waals surface area contributed by atoms with Crippen LogP contribution in [-0.4, -0.2) is 45.3 Å². The van der Waals surface area contributed by atoms with E-state index in [4.69, 9.17) is 35.8 Å². The van der Waals surface area contributed by atoms with Crippen molar-refractivity contribution in [2.45, 2.75) is 36.9 Å². The quantitative estimate of drug-likeness (QED) is 0.474. The van der Waals surface area contributed by atoms with E-state index in [0.29, 0.717) is 10.1 Å². The molecule has 2 aliphatic rings. The number of halogens is 4. The molecule has 0 saturated carbocycles. The number of nitrogens with two attached hydrogens (primary N) is 1. The monoisotopic (exact) mass is 497 g/mol. The zero-order valence-electron chi connectivity index (χ0n) is 15.9. The van der Waals surface area contributed by atoms with Gasteiger partial charge in [-0.3, -0.25) is 13.6 Å². The van der Waals surface area contributed by atoms with Crippen LogP contribution in [-0.2, 0) is 32.2 Å². The number of alkyl halides is 4. The number of rotatable bonds is 5. The van der Waals surface area contributed by atoms with E-state index >= 15 is 0 Å². The van der Waals surface area contributed by atoms with Crippen molar-refractivity contribution in [2.24, 2.45) is 0 Å². The summed E-state index contributed by atoms with van der Waals surface area (Å²) in [6, 6.07) is 7.58. The average molecular weight is 497 g/mol. The lowest BCUT2D eigenvalue weighted by Gasteiger charge is -2.35. The van der Waals surface area contributed by atoms with Gasteiger partial charge in [-0.15, -0.1) is 0 Å². The van der Waals surface area contributed by atoms with Gasteiger partial charge in [0, 0.05) is 23.6 Å². The first-order valence-corrected chi connectivity index (χ1v) is 11.6. The number of ether oxygens (including phenoxy) is 1. The van der Waals surface area contributed by atoms with Gasteiger partial charge in [0.2, 0.25) is 5.60 Å². The third-order valence-corrected chi connectivity index (χ3v) is 7.18. The maximum Gasteiger partial charge on any atom is 0.381 e. The number of aromatic nitrogens is 2. The van der Waals surface area contributed by atoms with Crippen LogP contribution >= 0.6 is 6.72 Å². The van der Waals surface area contributed by atoms with Gasteiger partial charge in [0.1, 0.15) is 11.6 Å². The minimum absolute atomic E-state index is 0.0792. The number of aliphatic hydroxyl groups is 1. The number of aliphatic hydroxyl groups excluding tert-OH is 1. The van der Waals surface area contributed by atoms with E-state index in [0.717, 1.165) is 12.3 Å². The fourth-order valence-electron chi connectivity index (χ4n) is 3.25. The predicted octanol–water partition coefficient (Wildman–Crippen LogP) is 2.20. The predicted molar refractivity (Wildman–Crippen MR) is 105 cm³/mol. The highest BCUT2D eigenvalue weighted by Crippen LogP contribution is 2.58. The molecule has 0 bridgehead atoms. The fourth-order valence-corrected chi connectivity index (χ4v) is 5.06. The first kappa shape index (κ1) is 23.1. The number of anilines is 1. The van der Waals surface area contributed by atoms with Crippen LogP contribution in [0.3, 0.4) is 0 Å². The highest BCUT2D eigenvalue weighted by molar-refractivity contribution is 8.07. The van der Waals surface area contributed by atoms with Crippen LogP contribution in [0.2, 0.25) is 0 Å². The summed E-state index contributed by atoms with van der Waals surface area (Å²) in [5, 5.41) is 10.1. The number of hydrogen-bond acceptors (Lipinski definition) is 9. The molecule has 1 aromatic heterocycles. The summed E-state index contributed by atoms with van der Waals surface area (Å²) < 4.78 is 79.2. The second-order valence-electron chi connectivity index (χ2n) is 7.00. The fraction of sp³-hybridized carbons (Fsp3) is 0.412. The zero-order valence-corrected chi connectivity index (χ0v) is 17.6. The average Bonchev–Trinajstić information content (AvgIpc) is 2.93. The lowest BCUT2D eigenvalue weighted by Crippen LogP contribution is -2.57. The summed E-state index contributed by atoms with van der Waals surface area (Å²) in [4.78, 5) is 15.3. The molecule has 1 saturated heterocycles. The van der Waals surface area contributed by atoms with Gasteiger partial charge in [0.25, 0.3) is 6.43 Å². The Morgan fingerprint density at radius 3 is 2.78 bits per heavy atom. The minimum atomic E-state index is -4.56. The molecule has 15 heteroatoms. The van der Waals surface area contributed by atoms with Crippen LogP contribution in [0, 0.1) is 0 Å². The lowest BCUT2D eigenvalue weighted by atomic mass is 9.95. The molecule has 1 aromatic carbocycles. The van der Waals surface area contributed by atoms with Gasteiger partial charge in [-0.25, -0.2) is 13.6 Å². The van der Waals surface area contributed by atoms with Crippen molar-refractivity contribution in [2.75, 3.05) is 12.3 Å². The van der Waals surface area contributed by atoms with Crippen molar-refractivity contribution < 1.29 is 41.0 Å². The molecule has 3 heterocycles. The second kappa shape index (κ2) is 8.04. The molecule has 0 aliphatic carbocycles. The molecular weight excluding hydrogens is 481 g/mol. The highest BCUT2D eigenvalue weighted by atomic mass is 32.5. The van der Waals surface area contributed by atoms with Gasteiger partial charge in [-0.1, -0.05) is 18.2 Å². The highest BCUT2D eigenvalue weighted by Gasteiger charge is 2.74. The van der Waals surface area contributed by atoms with Crippen molar-refractivity contribution in [1.29, 1.82) is 0 Å². The largest absolute Gasteiger partial charge is 0.424 e. The van der Waals surface area contributed by atoms with E-state index in [-0.39, 0.29) is 18.2 Å². The number of nitrogens with zero attached hydrogens (tertiary/aromatic N) is 2. The lowest BCUT2D eigenvalue weighted by molar-refractivity contribution is -0.242. The summed E-state index contributed by atoms with van der Waals surface area (Å²) in [5.74, 6) is -4.53. The normalized spacial score (nSPS) is 31.3. The summed E-state index contributed by atoms with van der Waals surface area (Å²) >= 11 is 5.12. The Kier molecular flexibility index (Phi) is 5.80. The van der Waals surface area contributed by atoms with Crippen molar-refractivity contribution >= 4 is 24.3 Å². The second-order valence-corrected chi connectivity index (χ2v) is 9.94. The minimum Gasteiger partial charge on any atom is -0.424 e. The maximum atomic E-state index is 15.0. The molecule has 4 rings (SSSR count). The van der Waals surface area contributed by atoms with Gasteiger partial charge in [0.15, 0.2) is 12.3 Å². The topological polar surface area (TPSA) is 118 Å². The van der Waals surface area contributed by atoms with Crippen LogP contribution in [0.15, 0.2) is 41.3 Å². The molecule has 32 heavy (non-hydrogen) atoms. The standard InChI is InChI=1S/C17H16F4N3O6PS/c18-14(19)16(8-28-31(32)27-7-9-3-1-2-4-10(9)30-31)17(20,21)12(25)13(29-16)24-6-5-11(22)23-15(24)26/h1-6,12-14,25H,7-8H2,(H2,22,23,26)/t12-,13+,16-,31?/m0/s1. The van der Waals surface area contributed by atoms with E-state index in [1.165, 1.54) is 6.07 Å². The van der Waals surface area contributed by atoms with Gasteiger partial charge < -0.3 is 20.1 Å². The van der Waals surface area contributed by atoms with Crippen LogP contribution < -0.4 is 15.9 Å². The molecule has 0 spiro atoms. The van der Waals surface area contributed by atoms with Crippen molar-refractivity contribution in [3.05, 3.63) is 52.6 Å². The number of nitrogen functional groups attached to an aromatic ring is 1. The van der Waals surface area contributed by atoms with E-state index in [9.17, 15) is 27.5 Å². The molecule has 2 aromatic rings. The van der Waals surface area contributed by atoms with Gasteiger partial charge in [0.05, 0.1) is 13.2 Å². The van der Waals surface area contributed by atoms with Crippen molar-refractivity contribution in [1.82, 2.24) is 9.55 Å². The SMILES string of the molecule is Nc1ccn([C@@H]2O[C@@](COP3(=S)OCc4ccccc4O3)(C(F)F)C(F)(F)[C@H]2O)c(=O)n1. The molecule has 4 atom stereocenters. The molecule has 0 amide bonds. The van der Waals surface area contributed by atoms with Crippen molar-refractivity contribution in [3.8, 4) is 5.75 Å². The molecule has 2 aliphatic heterocycles. The molecular formula is C17H16F4N3O6PS. The summed E-state index contributed by atoms with van der Waals surface area (Å²) in [6.45, 7) is -5.32. The summed E-state index contributed by atoms with van der Waals surface area (Å²) in [7, 11) is 0. The summed E-state index contributed by atoms with van der Waals surface area (Å²) in [6.07, 6.45) is -8.00. The van der Waals surface area contributed by atoms with Crippen LogP contribution in [0.25, 0.3) is 0 Å². The van der Waals surface area contributed by atoms with Crippen molar-refractivity contribution in [3.63, 3.8) is 0 Å². The Hall–Kier alpha value is -2.09.